The smallest absolute Gasteiger partial charge is 0.191 e. The molecule has 6 nitrogen and oxygen atoms in total. The lowest BCUT2D eigenvalue weighted by Gasteiger charge is -2.19. The number of guanidine groups is 1. The molecular formula is C25H34N4O2. The molecule has 1 fully saturated rings. The minimum atomic E-state index is 0.568. The van der Waals surface area contributed by atoms with Gasteiger partial charge in [-0.2, -0.15) is 0 Å². The van der Waals surface area contributed by atoms with Crippen molar-refractivity contribution >= 4 is 11.6 Å². The first kappa shape index (κ1) is 21.3. The van der Waals surface area contributed by atoms with Crippen LogP contribution in [-0.4, -0.2) is 52.4 Å². The van der Waals surface area contributed by atoms with Gasteiger partial charge < -0.3 is 25.0 Å². The summed E-state index contributed by atoms with van der Waals surface area (Å²) < 4.78 is 11.0. The van der Waals surface area contributed by atoms with Gasteiger partial charge in [-0.25, -0.2) is 0 Å². The molecule has 2 aromatic rings. The average Bonchev–Trinajstić information content (AvgIpc) is 3.47. The number of benzene rings is 2. The number of nitrogens with zero attached hydrogens (tertiary/aromatic N) is 2. The number of hydrogen-bond donors (Lipinski definition) is 2. The molecule has 2 aliphatic heterocycles. The van der Waals surface area contributed by atoms with E-state index in [-0.39, 0.29) is 0 Å². The van der Waals surface area contributed by atoms with Crippen molar-refractivity contribution in [3.63, 3.8) is 0 Å². The minimum Gasteiger partial charge on any atom is -0.497 e. The number of ether oxygens (including phenoxy) is 2. The third kappa shape index (κ3) is 5.63. The van der Waals surface area contributed by atoms with Crippen LogP contribution >= 0.6 is 0 Å². The van der Waals surface area contributed by atoms with Crippen LogP contribution in [-0.2, 0) is 12.8 Å². The summed E-state index contributed by atoms with van der Waals surface area (Å²) in [5.41, 5.74) is 3.91. The Morgan fingerprint density at radius 1 is 1.23 bits per heavy atom. The van der Waals surface area contributed by atoms with Crippen LogP contribution in [0.25, 0.3) is 0 Å². The molecule has 2 aromatic carbocycles. The Morgan fingerprint density at radius 2 is 2.16 bits per heavy atom. The summed E-state index contributed by atoms with van der Waals surface area (Å²) in [6, 6.07) is 14.9. The second-order valence-corrected chi connectivity index (χ2v) is 8.24. The maximum Gasteiger partial charge on any atom is 0.191 e. The molecule has 31 heavy (non-hydrogen) atoms. The lowest BCUT2D eigenvalue weighted by atomic mass is 10.1. The van der Waals surface area contributed by atoms with Crippen LogP contribution in [0.1, 0.15) is 24.5 Å². The van der Waals surface area contributed by atoms with Crippen LogP contribution in [0.15, 0.2) is 47.5 Å². The van der Waals surface area contributed by atoms with Gasteiger partial charge in [-0.1, -0.05) is 18.2 Å². The van der Waals surface area contributed by atoms with Crippen LogP contribution in [0.2, 0.25) is 0 Å². The molecule has 0 bridgehead atoms. The number of fused-ring (bicyclic) bond motifs is 1. The molecule has 0 aliphatic carbocycles. The summed E-state index contributed by atoms with van der Waals surface area (Å²) in [7, 11) is 1.72. The Kier molecular flexibility index (Phi) is 7.18. The fourth-order valence-electron chi connectivity index (χ4n) is 4.31. The van der Waals surface area contributed by atoms with Crippen molar-refractivity contribution < 1.29 is 9.47 Å². The largest absolute Gasteiger partial charge is 0.497 e. The zero-order valence-corrected chi connectivity index (χ0v) is 18.7. The van der Waals surface area contributed by atoms with E-state index < -0.39 is 0 Å². The molecule has 2 heterocycles. The van der Waals surface area contributed by atoms with Gasteiger partial charge in [0.1, 0.15) is 11.5 Å². The quantitative estimate of drug-likeness (QED) is 0.505. The molecular weight excluding hydrogens is 388 g/mol. The molecule has 4 rings (SSSR count). The van der Waals surface area contributed by atoms with E-state index in [0.29, 0.717) is 5.92 Å². The standard InChI is InChI=1S/C25H34N4O2/c1-3-26-25(27-12-9-19-7-8-24-21(15-19)11-14-31-24)28-17-20-10-13-29(18-20)22-5-4-6-23(16-22)30-2/h4-8,15-16,20H,3,9-14,17-18H2,1-2H3,(H2,26,27,28). The Hall–Kier alpha value is -2.89. The second kappa shape index (κ2) is 10.4. The minimum absolute atomic E-state index is 0.568. The van der Waals surface area contributed by atoms with E-state index in [1.807, 2.05) is 6.07 Å². The van der Waals surface area contributed by atoms with Gasteiger partial charge in [0, 0.05) is 50.9 Å². The van der Waals surface area contributed by atoms with Gasteiger partial charge in [-0.05, 0) is 55.0 Å². The third-order valence-corrected chi connectivity index (χ3v) is 6.02. The van der Waals surface area contributed by atoms with E-state index in [4.69, 9.17) is 14.5 Å². The van der Waals surface area contributed by atoms with Crippen LogP contribution in [0.4, 0.5) is 5.69 Å². The molecule has 0 spiro atoms. The molecule has 166 valence electrons. The van der Waals surface area contributed by atoms with Crippen molar-refractivity contribution in [2.45, 2.75) is 26.2 Å². The number of hydrogen-bond acceptors (Lipinski definition) is 4. The first-order chi connectivity index (χ1) is 15.2. The maximum absolute atomic E-state index is 5.60. The van der Waals surface area contributed by atoms with Gasteiger partial charge in [-0.3, -0.25) is 4.99 Å². The second-order valence-electron chi connectivity index (χ2n) is 8.24. The fraction of sp³-hybridized carbons (Fsp3) is 0.480. The van der Waals surface area contributed by atoms with E-state index >= 15 is 0 Å². The maximum atomic E-state index is 5.60. The fourth-order valence-corrected chi connectivity index (χ4v) is 4.31. The Morgan fingerprint density at radius 3 is 3.03 bits per heavy atom. The average molecular weight is 423 g/mol. The van der Waals surface area contributed by atoms with Crippen molar-refractivity contribution in [1.29, 1.82) is 0 Å². The molecule has 0 aromatic heterocycles. The van der Waals surface area contributed by atoms with E-state index in [0.717, 1.165) is 76.1 Å². The monoisotopic (exact) mass is 422 g/mol. The predicted octanol–water partition coefficient (Wildman–Crippen LogP) is 3.25. The van der Waals surface area contributed by atoms with Crippen molar-refractivity contribution in [1.82, 2.24) is 10.6 Å². The summed E-state index contributed by atoms with van der Waals surface area (Å²) in [6.45, 7) is 7.59. The zero-order valence-electron chi connectivity index (χ0n) is 18.7. The Balaban J connectivity index is 1.26. The highest BCUT2D eigenvalue weighted by atomic mass is 16.5. The van der Waals surface area contributed by atoms with E-state index in [1.54, 1.807) is 7.11 Å². The van der Waals surface area contributed by atoms with Gasteiger partial charge in [0.25, 0.3) is 0 Å². The van der Waals surface area contributed by atoms with Crippen molar-refractivity contribution in [3.8, 4) is 11.5 Å². The van der Waals surface area contributed by atoms with Gasteiger partial charge in [0.15, 0.2) is 5.96 Å². The summed E-state index contributed by atoms with van der Waals surface area (Å²) in [6.07, 6.45) is 3.16. The number of methoxy groups -OCH3 is 1. The molecule has 2 aliphatic rings. The normalized spacial score (nSPS) is 17.9. The molecule has 0 amide bonds. The predicted molar refractivity (Wildman–Crippen MR) is 127 cm³/mol. The van der Waals surface area contributed by atoms with Crippen molar-refractivity contribution in [2.24, 2.45) is 10.9 Å². The highest BCUT2D eigenvalue weighted by Crippen LogP contribution is 2.27. The lowest BCUT2D eigenvalue weighted by Crippen LogP contribution is -2.38. The molecule has 1 saturated heterocycles. The van der Waals surface area contributed by atoms with Crippen molar-refractivity contribution in [2.75, 3.05) is 51.3 Å². The zero-order chi connectivity index (χ0) is 21.5. The molecule has 0 radical (unpaired) electrons. The molecule has 2 N–H and O–H groups in total. The highest BCUT2D eigenvalue weighted by Gasteiger charge is 2.23. The highest BCUT2D eigenvalue weighted by molar-refractivity contribution is 5.79. The first-order valence-electron chi connectivity index (χ1n) is 11.4. The number of nitrogens with one attached hydrogen (secondary N) is 2. The van der Waals surface area contributed by atoms with Crippen LogP contribution in [0.3, 0.4) is 0 Å². The molecule has 1 atom stereocenters. The van der Waals surface area contributed by atoms with Crippen LogP contribution in [0, 0.1) is 5.92 Å². The van der Waals surface area contributed by atoms with E-state index in [2.05, 4.69) is 58.9 Å². The van der Waals surface area contributed by atoms with E-state index in [9.17, 15) is 0 Å². The van der Waals surface area contributed by atoms with Gasteiger partial charge in [-0.15, -0.1) is 0 Å². The first-order valence-corrected chi connectivity index (χ1v) is 11.4. The van der Waals surface area contributed by atoms with Crippen LogP contribution in [0.5, 0.6) is 11.5 Å². The Bertz CT molecular complexity index is 899. The number of rotatable bonds is 8. The topological polar surface area (TPSA) is 58.1 Å². The lowest BCUT2D eigenvalue weighted by molar-refractivity contribution is 0.357. The third-order valence-electron chi connectivity index (χ3n) is 6.02. The van der Waals surface area contributed by atoms with Crippen molar-refractivity contribution in [3.05, 3.63) is 53.6 Å². The molecule has 1 unspecified atom stereocenters. The van der Waals surface area contributed by atoms with Gasteiger partial charge in [0.2, 0.25) is 0 Å². The summed E-state index contributed by atoms with van der Waals surface area (Å²) in [5.74, 6) is 3.44. The van der Waals surface area contributed by atoms with Gasteiger partial charge in [0.05, 0.1) is 13.7 Å². The van der Waals surface area contributed by atoms with Crippen LogP contribution < -0.4 is 25.0 Å². The van der Waals surface area contributed by atoms with Gasteiger partial charge >= 0.3 is 0 Å². The molecule has 0 saturated carbocycles. The molecule has 6 heteroatoms. The number of aliphatic imine (C=N–C) groups is 1. The number of anilines is 1. The summed E-state index contributed by atoms with van der Waals surface area (Å²) >= 11 is 0. The summed E-state index contributed by atoms with van der Waals surface area (Å²) in [5, 5.41) is 6.88. The summed E-state index contributed by atoms with van der Waals surface area (Å²) in [4.78, 5) is 7.30. The van der Waals surface area contributed by atoms with E-state index in [1.165, 1.54) is 16.8 Å². The Labute approximate surface area is 185 Å². The SMILES string of the molecule is CCNC(=NCC1CCN(c2cccc(OC)c2)C1)NCCc1ccc2c(c1)CCO2.